The minimum absolute atomic E-state index is 0.109. The zero-order valence-corrected chi connectivity index (χ0v) is 16.8. The molecule has 1 N–H and O–H groups in total. The van der Waals surface area contributed by atoms with Crippen molar-refractivity contribution in [2.24, 2.45) is 0 Å². The summed E-state index contributed by atoms with van der Waals surface area (Å²) in [5, 5.41) is 14.8. The molecule has 1 amide bonds. The maximum atomic E-state index is 12.7. The second-order valence-electron chi connectivity index (χ2n) is 7.19. The molecule has 3 aromatic rings. The quantitative estimate of drug-likeness (QED) is 0.678. The fourth-order valence-electron chi connectivity index (χ4n) is 3.57. The van der Waals surface area contributed by atoms with Crippen LogP contribution in [0, 0.1) is 13.8 Å². The summed E-state index contributed by atoms with van der Waals surface area (Å²) in [5.41, 5.74) is 4.51. The summed E-state index contributed by atoms with van der Waals surface area (Å²) in [6, 6.07) is 7.76. The summed E-state index contributed by atoms with van der Waals surface area (Å²) in [6.07, 6.45) is 1.46. The van der Waals surface area contributed by atoms with Crippen LogP contribution >= 0.6 is 0 Å². The van der Waals surface area contributed by atoms with Crippen LogP contribution in [0.25, 0.3) is 16.6 Å². The van der Waals surface area contributed by atoms with E-state index in [2.05, 4.69) is 5.10 Å². The third-order valence-corrected chi connectivity index (χ3v) is 5.36. The molecule has 0 saturated carbocycles. The molecule has 3 rings (SSSR count). The van der Waals surface area contributed by atoms with E-state index in [-0.39, 0.29) is 24.9 Å². The van der Waals surface area contributed by atoms with Crippen LogP contribution in [-0.4, -0.2) is 49.1 Å². The van der Waals surface area contributed by atoms with Gasteiger partial charge in [0.1, 0.15) is 6.54 Å². The number of aromatic nitrogens is 3. The Labute approximate surface area is 164 Å². The number of nitrogens with zero attached hydrogens (tertiary/aromatic N) is 4. The van der Waals surface area contributed by atoms with E-state index in [4.69, 9.17) is 10.1 Å². The molecule has 148 valence electrons. The van der Waals surface area contributed by atoms with E-state index in [1.807, 2.05) is 56.5 Å². The average Bonchev–Trinajstić information content (AvgIpc) is 3.04. The highest BCUT2D eigenvalue weighted by Crippen LogP contribution is 2.23. The molecule has 2 aromatic heterocycles. The lowest BCUT2D eigenvalue weighted by molar-refractivity contribution is -0.146. The molecular formula is C21H26N4O3. The molecule has 1 aromatic carbocycles. The first kappa shape index (κ1) is 19.8. The topological polar surface area (TPSA) is 87.8 Å². The van der Waals surface area contributed by atoms with Gasteiger partial charge >= 0.3 is 5.97 Å². The Bertz CT molecular complexity index is 1040. The highest BCUT2D eigenvalue weighted by molar-refractivity contribution is 5.92. The number of carbonyl (C=O) groups excluding carboxylic acids is 1. The predicted molar refractivity (Wildman–Crippen MR) is 107 cm³/mol. The molecule has 2 heterocycles. The Morgan fingerprint density at radius 1 is 1.25 bits per heavy atom. The minimum Gasteiger partial charge on any atom is -0.480 e. The second kappa shape index (κ2) is 7.96. The molecule has 0 fully saturated rings. The van der Waals surface area contributed by atoms with Gasteiger partial charge in [0.25, 0.3) is 0 Å². The van der Waals surface area contributed by atoms with Gasteiger partial charge in [0, 0.05) is 29.2 Å². The van der Waals surface area contributed by atoms with Gasteiger partial charge in [-0.25, -0.2) is 9.50 Å². The minimum atomic E-state index is -0.993. The number of carbonyl (C=O) groups is 2. The normalized spacial score (nSPS) is 12.4. The molecular weight excluding hydrogens is 356 g/mol. The van der Waals surface area contributed by atoms with Crippen molar-refractivity contribution in [3.05, 3.63) is 41.2 Å². The fraction of sp³-hybridized carbons (Fsp3) is 0.429. The average molecular weight is 382 g/mol. The van der Waals surface area contributed by atoms with Crippen molar-refractivity contribution in [2.45, 2.75) is 53.0 Å². The van der Waals surface area contributed by atoms with E-state index in [1.54, 1.807) is 0 Å². The van der Waals surface area contributed by atoms with Crippen molar-refractivity contribution < 1.29 is 14.7 Å². The van der Waals surface area contributed by atoms with Crippen LogP contribution in [0.2, 0.25) is 0 Å². The van der Waals surface area contributed by atoms with E-state index in [9.17, 15) is 9.59 Å². The third-order valence-electron chi connectivity index (χ3n) is 5.36. The largest absolute Gasteiger partial charge is 0.480 e. The zero-order chi connectivity index (χ0) is 20.4. The number of aliphatic carboxylic acids is 1. The lowest BCUT2D eigenvalue weighted by Gasteiger charge is -2.27. The molecule has 0 aliphatic rings. The smallest absolute Gasteiger partial charge is 0.323 e. The number of aryl methyl sites for hydroxylation is 2. The van der Waals surface area contributed by atoms with E-state index in [0.29, 0.717) is 12.8 Å². The molecule has 0 spiro atoms. The Morgan fingerprint density at radius 3 is 2.64 bits per heavy atom. The van der Waals surface area contributed by atoms with Gasteiger partial charge in [0.05, 0.1) is 5.52 Å². The van der Waals surface area contributed by atoms with E-state index < -0.39 is 5.97 Å². The third kappa shape index (κ3) is 3.69. The maximum absolute atomic E-state index is 12.7. The van der Waals surface area contributed by atoms with E-state index >= 15 is 0 Å². The summed E-state index contributed by atoms with van der Waals surface area (Å²) < 4.78 is 1.83. The summed E-state index contributed by atoms with van der Waals surface area (Å²) >= 11 is 0. The molecule has 1 unspecified atom stereocenters. The predicted octanol–water partition coefficient (Wildman–Crippen LogP) is 3.14. The first-order chi connectivity index (χ1) is 13.3. The van der Waals surface area contributed by atoms with Gasteiger partial charge in [-0.2, -0.15) is 5.10 Å². The number of carboxylic acid groups (broad SMARTS) is 1. The molecule has 7 nitrogen and oxygen atoms in total. The van der Waals surface area contributed by atoms with Crippen molar-refractivity contribution >= 4 is 28.4 Å². The molecule has 28 heavy (non-hydrogen) atoms. The Balaban J connectivity index is 1.88. The molecule has 1 atom stereocenters. The van der Waals surface area contributed by atoms with Crippen molar-refractivity contribution in [3.63, 3.8) is 0 Å². The van der Waals surface area contributed by atoms with Crippen molar-refractivity contribution in [3.8, 4) is 0 Å². The van der Waals surface area contributed by atoms with Gasteiger partial charge in [-0.3, -0.25) is 9.59 Å². The van der Waals surface area contributed by atoms with Crippen molar-refractivity contribution in [1.29, 1.82) is 0 Å². The number of rotatable bonds is 7. The van der Waals surface area contributed by atoms with Gasteiger partial charge in [0.2, 0.25) is 5.91 Å². The summed E-state index contributed by atoms with van der Waals surface area (Å²) in [6.45, 7) is 7.48. The van der Waals surface area contributed by atoms with Crippen LogP contribution in [0.1, 0.15) is 43.6 Å². The molecule has 0 radical (unpaired) electrons. The molecule has 0 aliphatic heterocycles. The lowest BCUT2D eigenvalue weighted by Crippen LogP contribution is -2.42. The number of amides is 1. The lowest BCUT2D eigenvalue weighted by atomic mass is 10.1. The van der Waals surface area contributed by atoms with Crippen LogP contribution in [0.4, 0.5) is 0 Å². The first-order valence-electron chi connectivity index (χ1n) is 9.58. The van der Waals surface area contributed by atoms with Crippen LogP contribution < -0.4 is 0 Å². The monoisotopic (exact) mass is 382 g/mol. The van der Waals surface area contributed by atoms with Crippen molar-refractivity contribution in [1.82, 2.24) is 19.5 Å². The zero-order valence-electron chi connectivity index (χ0n) is 16.8. The van der Waals surface area contributed by atoms with Crippen LogP contribution in [0.5, 0.6) is 0 Å². The van der Waals surface area contributed by atoms with Gasteiger partial charge in [-0.15, -0.1) is 0 Å². The molecule has 7 heteroatoms. The standard InChI is InChI=1S/C21H26N4O3/c1-5-13(2)24(12-20(27)28)19(26)11-10-16-14(3)22-21-17-8-6-7-9-18(17)23-25(21)15(16)4/h6-9,13H,5,10-12H2,1-4H3,(H,27,28). The Hall–Kier alpha value is -2.96. The number of hydrogen-bond acceptors (Lipinski definition) is 4. The summed E-state index contributed by atoms with van der Waals surface area (Å²) in [4.78, 5) is 30.0. The summed E-state index contributed by atoms with van der Waals surface area (Å²) in [7, 11) is 0. The SMILES string of the molecule is CCC(C)N(CC(=O)O)C(=O)CCc1c(C)nc2c3ccccc3nn2c1C. The highest BCUT2D eigenvalue weighted by atomic mass is 16.4. The molecule has 0 saturated heterocycles. The fourth-order valence-corrected chi connectivity index (χ4v) is 3.57. The summed E-state index contributed by atoms with van der Waals surface area (Å²) in [5.74, 6) is -1.14. The molecule has 0 aliphatic carbocycles. The molecule has 0 bridgehead atoms. The number of fused-ring (bicyclic) bond motifs is 3. The highest BCUT2D eigenvalue weighted by Gasteiger charge is 2.22. The first-order valence-corrected chi connectivity index (χ1v) is 9.58. The van der Waals surface area contributed by atoms with Crippen LogP contribution in [0.3, 0.4) is 0 Å². The second-order valence-corrected chi connectivity index (χ2v) is 7.19. The van der Waals surface area contributed by atoms with Crippen molar-refractivity contribution in [2.75, 3.05) is 6.54 Å². The Kier molecular flexibility index (Phi) is 5.63. The van der Waals surface area contributed by atoms with E-state index in [0.717, 1.165) is 33.5 Å². The van der Waals surface area contributed by atoms with Gasteiger partial charge in [-0.1, -0.05) is 19.1 Å². The van der Waals surface area contributed by atoms with Gasteiger partial charge in [-0.05, 0) is 51.3 Å². The Morgan fingerprint density at radius 2 is 1.96 bits per heavy atom. The maximum Gasteiger partial charge on any atom is 0.323 e. The number of hydrogen-bond donors (Lipinski definition) is 1. The number of benzene rings is 1. The van der Waals surface area contributed by atoms with Gasteiger partial charge < -0.3 is 10.0 Å². The van der Waals surface area contributed by atoms with E-state index in [1.165, 1.54) is 4.90 Å². The number of carboxylic acids is 1. The van der Waals surface area contributed by atoms with Gasteiger partial charge in [0.15, 0.2) is 5.65 Å². The van der Waals surface area contributed by atoms with Crippen LogP contribution in [-0.2, 0) is 16.0 Å². The van der Waals surface area contributed by atoms with Crippen LogP contribution in [0.15, 0.2) is 24.3 Å².